The molecule has 0 fully saturated rings. The molecule has 1 heterocycles. The molecule has 0 spiro atoms. The van der Waals surface area contributed by atoms with E-state index in [9.17, 15) is 4.79 Å². The molecule has 1 N–H and O–H groups in total. The van der Waals surface area contributed by atoms with Gasteiger partial charge in [0.15, 0.2) is 0 Å². The summed E-state index contributed by atoms with van der Waals surface area (Å²) in [4.78, 5) is 13.6. The Labute approximate surface area is 121 Å². The Morgan fingerprint density at radius 2 is 2.22 bits per heavy atom. The van der Waals surface area contributed by atoms with E-state index in [1.165, 1.54) is 10.5 Å². The summed E-state index contributed by atoms with van der Waals surface area (Å²) in [6, 6.07) is 8.20. The van der Waals surface area contributed by atoms with E-state index in [1.807, 2.05) is 12.1 Å². The van der Waals surface area contributed by atoms with Gasteiger partial charge in [0.05, 0.1) is 5.92 Å². The predicted molar refractivity (Wildman–Crippen MR) is 80.5 cm³/mol. The van der Waals surface area contributed by atoms with Gasteiger partial charge in [-0.2, -0.15) is 0 Å². The minimum Gasteiger partial charge on any atom is -0.351 e. The third-order valence-corrected chi connectivity index (χ3v) is 4.78. The maximum Gasteiger partial charge on any atom is 0.228 e. The fourth-order valence-corrected chi connectivity index (χ4v) is 4.32. The van der Waals surface area contributed by atoms with Crippen LogP contribution in [0.15, 0.2) is 29.2 Å². The molecule has 2 nitrogen and oxygen atoms in total. The number of fused-ring (bicyclic) bond motifs is 1. The highest BCUT2D eigenvalue weighted by Gasteiger charge is 2.31. The van der Waals surface area contributed by atoms with E-state index in [1.54, 1.807) is 11.8 Å². The van der Waals surface area contributed by atoms with Gasteiger partial charge in [-0.15, -0.1) is 11.8 Å². The van der Waals surface area contributed by atoms with Crippen LogP contribution in [0.2, 0.25) is 0 Å². The number of nitrogens with one attached hydrogen (secondary N) is 1. The van der Waals surface area contributed by atoms with Crippen molar-refractivity contribution >= 4 is 33.6 Å². The molecule has 1 aromatic carbocycles. The molecule has 0 aromatic heterocycles. The first-order chi connectivity index (χ1) is 8.53. The fourth-order valence-electron chi connectivity index (χ4n) is 2.10. The van der Waals surface area contributed by atoms with Crippen molar-refractivity contribution in [1.29, 1.82) is 0 Å². The van der Waals surface area contributed by atoms with Crippen LogP contribution in [0.25, 0.3) is 0 Å². The molecule has 1 aromatic rings. The average Bonchev–Trinajstić information content (AvgIpc) is 2.71. The van der Waals surface area contributed by atoms with Crippen molar-refractivity contribution in [1.82, 2.24) is 5.32 Å². The van der Waals surface area contributed by atoms with Crippen LogP contribution >= 0.6 is 27.7 Å². The maximum atomic E-state index is 12.4. The first-order valence-electron chi connectivity index (χ1n) is 6.13. The summed E-state index contributed by atoms with van der Waals surface area (Å²) in [6.45, 7) is 4.14. The van der Waals surface area contributed by atoms with Gasteiger partial charge < -0.3 is 5.32 Å². The maximum absolute atomic E-state index is 12.4. The molecule has 0 bridgehead atoms. The zero-order valence-corrected chi connectivity index (χ0v) is 13.1. The van der Waals surface area contributed by atoms with Crippen molar-refractivity contribution in [2.45, 2.75) is 36.6 Å². The first-order valence-corrected chi connectivity index (χ1v) is 8.24. The van der Waals surface area contributed by atoms with Gasteiger partial charge in [0.1, 0.15) is 0 Å². The van der Waals surface area contributed by atoms with Gasteiger partial charge in [-0.25, -0.2) is 0 Å². The molecule has 0 saturated carbocycles. The minimum absolute atomic E-state index is 0.000741. The smallest absolute Gasteiger partial charge is 0.228 e. The quantitative estimate of drug-likeness (QED) is 0.857. The van der Waals surface area contributed by atoms with Crippen molar-refractivity contribution in [3.8, 4) is 0 Å². The molecule has 98 valence electrons. The molecule has 4 heteroatoms. The third kappa shape index (κ3) is 3.09. The Bertz CT molecular complexity index is 447. The van der Waals surface area contributed by atoms with Gasteiger partial charge in [-0.1, -0.05) is 34.1 Å². The monoisotopic (exact) mass is 327 g/mol. The molecule has 1 unspecified atom stereocenters. The van der Waals surface area contributed by atoms with Crippen LogP contribution < -0.4 is 5.32 Å². The summed E-state index contributed by atoms with van der Waals surface area (Å²) in [6.07, 6.45) is 0.931. The van der Waals surface area contributed by atoms with Gasteiger partial charge in [-0.3, -0.25) is 4.79 Å². The van der Waals surface area contributed by atoms with Crippen molar-refractivity contribution in [2.24, 2.45) is 0 Å². The normalized spacial score (nSPS) is 18.5. The van der Waals surface area contributed by atoms with Gasteiger partial charge >= 0.3 is 0 Å². The number of rotatable bonds is 4. The average molecular weight is 328 g/mol. The predicted octanol–water partition coefficient (Wildman–Crippen LogP) is 3.56. The highest BCUT2D eigenvalue weighted by molar-refractivity contribution is 9.09. The molecular formula is C14H18BrNOS. The summed E-state index contributed by atoms with van der Waals surface area (Å²) in [5.41, 5.74) is 1.03. The van der Waals surface area contributed by atoms with Gasteiger partial charge in [0, 0.05) is 21.5 Å². The molecule has 1 atom stereocenters. The van der Waals surface area contributed by atoms with E-state index in [-0.39, 0.29) is 17.4 Å². The second kappa shape index (κ2) is 5.66. The highest BCUT2D eigenvalue weighted by Crippen LogP contribution is 2.39. The summed E-state index contributed by atoms with van der Waals surface area (Å²) in [5, 5.41) is 4.06. The Balaban J connectivity index is 2.08. The van der Waals surface area contributed by atoms with Gasteiger partial charge in [0.25, 0.3) is 0 Å². The van der Waals surface area contributed by atoms with Crippen LogP contribution in [0.1, 0.15) is 31.7 Å². The zero-order valence-electron chi connectivity index (χ0n) is 10.7. The summed E-state index contributed by atoms with van der Waals surface area (Å²) in [5.74, 6) is 1.01. The van der Waals surface area contributed by atoms with Gasteiger partial charge in [0.2, 0.25) is 5.91 Å². The van der Waals surface area contributed by atoms with E-state index in [2.05, 4.69) is 47.2 Å². The van der Waals surface area contributed by atoms with Crippen LogP contribution in [-0.2, 0) is 4.79 Å². The Morgan fingerprint density at radius 1 is 1.50 bits per heavy atom. The number of carbonyl (C=O) groups is 1. The fraction of sp³-hybridized carbons (Fsp3) is 0.500. The van der Waals surface area contributed by atoms with Crippen molar-refractivity contribution in [3.63, 3.8) is 0 Å². The molecular weight excluding hydrogens is 310 g/mol. The van der Waals surface area contributed by atoms with Crippen molar-refractivity contribution in [2.75, 3.05) is 11.1 Å². The Hall–Kier alpha value is -0.480. The van der Waals surface area contributed by atoms with E-state index in [4.69, 9.17) is 0 Å². The van der Waals surface area contributed by atoms with E-state index in [0.29, 0.717) is 0 Å². The third-order valence-electron chi connectivity index (χ3n) is 3.20. The molecule has 1 amide bonds. The molecule has 18 heavy (non-hydrogen) atoms. The Morgan fingerprint density at radius 3 is 2.94 bits per heavy atom. The summed E-state index contributed by atoms with van der Waals surface area (Å²) < 4.78 is 0. The van der Waals surface area contributed by atoms with Crippen LogP contribution in [0.5, 0.6) is 0 Å². The lowest BCUT2D eigenvalue weighted by molar-refractivity contribution is -0.123. The van der Waals surface area contributed by atoms with E-state index in [0.717, 1.165) is 17.5 Å². The van der Waals surface area contributed by atoms with Crippen LogP contribution in [0.3, 0.4) is 0 Å². The van der Waals surface area contributed by atoms with Crippen LogP contribution in [0.4, 0.5) is 0 Å². The Kier molecular flexibility index (Phi) is 4.38. The largest absolute Gasteiger partial charge is 0.351 e. The number of carbonyl (C=O) groups excluding carboxylic acids is 1. The first kappa shape index (κ1) is 13.9. The lowest BCUT2D eigenvalue weighted by Crippen LogP contribution is -2.45. The standard InChI is InChI=1S/C14H18BrNOS/c1-14(2,7-8-15)16-13(17)11-9-18-12-6-4-3-5-10(11)12/h3-6,11H,7-9H2,1-2H3,(H,16,17). The number of amides is 1. The SMILES string of the molecule is CC(C)(CCBr)NC(=O)C1CSc2ccccc21. The topological polar surface area (TPSA) is 29.1 Å². The molecule has 1 aliphatic rings. The van der Waals surface area contributed by atoms with E-state index < -0.39 is 0 Å². The molecule has 1 aliphatic heterocycles. The number of hydrogen-bond donors (Lipinski definition) is 1. The minimum atomic E-state index is -0.150. The lowest BCUT2D eigenvalue weighted by atomic mass is 9.96. The number of thioether (sulfide) groups is 1. The molecule has 0 aliphatic carbocycles. The summed E-state index contributed by atoms with van der Waals surface area (Å²) in [7, 11) is 0. The second-order valence-electron chi connectivity index (χ2n) is 5.21. The molecule has 0 radical (unpaired) electrons. The number of alkyl halides is 1. The molecule has 0 saturated heterocycles. The number of halogens is 1. The lowest BCUT2D eigenvalue weighted by Gasteiger charge is -2.27. The summed E-state index contributed by atoms with van der Waals surface area (Å²) >= 11 is 5.20. The second-order valence-corrected chi connectivity index (χ2v) is 7.07. The number of hydrogen-bond acceptors (Lipinski definition) is 2. The molecule has 2 rings (SSSR count). The van der Waals surface area contributed by atoms with Gasteiger partial charge in [-0.05, 0) is 31.9 Å². The van der Waals surface area contributed by atoms with Crippen LogP contribution in [-0.4, -0.2) is 22.5 Å². The zero-order chi connectivity index (χ0) is 13.2. The number of benzene rings is 1. The van der Waals surface area contributed by atoms with Crippen LogP contribution in [0, 0.1) is 0 Å². The highest BCUT2D eigenvalue weighted by atomic mass is 79.9. The van der Waals surface area contributed by atoms with E-state index >= 15 is 0 Å². The van der Waals surface area contributed by atoms with Crippen molar-refractivity contribution in [3.05, 3.63) is 29.8 Å². The van der Waals surface area contributed by atoms with Crippen molar-refractivity contribution < 1.29 is 4.79 Å².